The average Bonchev–Trinajstić information content (AvgIpc) is 3.00. The predicted octanol–water partition coefficient (Wildman–Crippen LogP) is 4.91. The second-order valence-electron chi connectivity index (χ2n) is 6.76. The van der Waals surface area contributed by atoms with Crippen LogP contribution in [0.4, 0.5) is 0 Å². The minimum atomic E-state index is 0.0434. The van der Waals surface area contributed by atoms with Gasteiger partial charge in [-0.15, -0.1) is 0 Å². The fourth-order valence-electron chi connectivity index (χ4n) is 3.92. The maximum Gasteiger partial charge on any atom is 0.134 e. The van der Waals surface area contributed by atoms with Gasteiger partial charge in [-0.2, -0.15) is 0 Å². The molecule has 1 aliphatic rings. The number of hydrogen-bond acceptors (Lipinski definition) is 2. The van der Waals surface area contributed by atoms with Crippen LogP contribution in [0.3, 0.4) is 0 Å². The summed E-state index contributed by atoms with van der Waals surface area (Å²) in [5.41, 5.74) is 6.95. The highest BCUT2D eigenvalue weighted by atomic mass is 35.5. The van der Waals surface area contributed by atoms with Crippen molar-refractivity contribution in [2.45, 2.75) is 19.4 Å². The molecule has 0 fully saturated rings. The highest BCUT2D eigenvalue weighted by Gasteiger charge is 2.27. The molecule has 2 aromatic carbocycles. The number of benzene rings is 2. The molecule has 2 N–H and O–H groups in total. The first-order valence-electron chi connectivity index (χ1n) is 8.60. The number of aromatic amines is 1. The third-order valence-corrected chi connectivity index (χ3v) is 5.43. The topological polar surface area (TPSA) is 40.7 Å². The van der Waals surface area contributed by atoms with Crippen molar-refractivity contribution < 1.29 is 0 Å². The molecule has 0 aliphatic carbocycles. The lowest BCUT2D eigenvalue weighted by molar-refractivity contribution is 0.560. The van der Waals surface area contributed by atoms with Crippen molar-refractivity contribution in [2.24, 2.45) is 0 Å². The second-order valence-corrected chi connectivity index (χ2v) is 7.12. The monoisotopic (exact) mass is 347 g/mol. The van der Waals surface area contributed by atoms with E-state index in [1.165, 1.54) is 27.7 Å². The molecule has 3 heterocycles. The van der Waals surface area contributed by atoms with E-state index in [9.17, 15) is 0 Å². The van der Waals surface area contributed by atoms with Gasteiger partial charge in [-0.05, 0) is 42.7 Å². The van der Waals surface area contributed by atoms with Crippen LogP contribution in [0, 0.1) is 6.92 Å². The fourth-order valence-corrected chi connectivity index (χ4v) is 4.17. The van der Waals surface area contributed by atoms with Crippen molar-refractivity contribution in [1.82, 2.24) is 15.3 Å². The van der Waals surface area contributed by atoms with Gasteiger partial charge >= 0.3 is 0 Å². The van der Waals surface area contributed by atoms with Crippen LogP contribution in [0.15, 0.2) is 48.5 Å². The van der Waals surface area contributed by atoms with E-state index in [4.69, 9.17) is 11.6 Å². The molecule has 2 aromatic heterocycles. The summed E-state index contributed by atoms with van der Waals surface area (Å²) in [4.78, 5) is 8.25. The second kappa shape index (κ2) is 5.58. The lowest BCUT2D eigenvalue weighted by Gasteiger charge is -2.25. The van der Waals surface area contributed by atoms with Gasteiger partial charge < -0.3 is 10.3 Å². The van der Waals surface area contributed by atoms with Crippen molar-refractivity contribution in [3.05, 3.63) is 76.1 Å². The number of nitrogens with zero attached hydrogens (tertiary/aromatic N) is 1. The molecule has 1 aliphatic heterocycles. The molecule has 5 rings (SSSR count). The maximum absolute atomic E-state index is 6.59. The number of halogens is 1. The number of aryl methyl sites for hydroxylation is 1. The number of nitrogens with one attached hydrogen (secondary N) is 2. The summed E-state index contributed by atoms with van der Waals surface area (Å²) in [6.45, 7) is 3.00. The number of fused-ring (bicyclic) bond motifs is 4. The smallest absolute Gasteiger partial charge is 0.134 e. The summed E-state index contributed by atoms with van der Waals surface area (Å²) in [5, 5.41) is 6.62. The van der Waals surface area contributed by atoms with E-state index in [0.717, 1.165) is 29.4 Å². The summed E-state index contributed by atoms with van der Waals surface area (Å²) >= 11 is 6.59. The highest BCUT2D eigenvalue weighted by Crippen LogP contribution is 2.36. The first kappa shape index (κ1) is 14.9. The van der Waals surface area contributed by atoms with Gasteiger partial charge in [0.2, 0.25) is 0 Å². The Hall–Kier alpha value is -2.36. The molecule has 0 amide bonds. The first-order chi connectivity index (χ1) is 12.2. The van der Waals surface area contributed by atoms with Crippen LogP contribution in [-0.2, 0) is 6.42 Å². The SMILES string of the molecule is Cc1ccc2cc(C3NCCc4c3[nH]c3ccccc43)c(Cl)nc2c1. The highest BCUT2D eigenvalue weighted by molar-refractivity contribution is 6.30. The fraction of sp³-hybridized carbons (Fsp3) is 0.190. The van der Waals surface area contributed by atoms with Gasteiger partial charge in [-0.1, -0.05) is 41.9 Å². The van der Waals surface area contributed by atoms with Crippen molar-refractivity contribution >= 4 is 33.4 Å². The summed E-state index contributed by atoms with van der Waals surface area (Å²) in [7, 11) is 0. The van der Waals surface area contributed by atoms with Crippen molar-refractivity contribution in [3.63, 3.8) is 0 Å². The molecule has 0 radical (unpaired) electrons. The number of hydrogen-bond donors (Lipinski definition) is 2. The van der Waals surface area contributed by atoms with Gasteiger partial charge in [0.1, 0.15) is 5.15 Å². The molecule has 0 spiro atoms. The van der Waals surface area contributed by atoms with Crippen molar-refractivity contribution in [2.75, 3.05) is 6.54 Å². The standard InChI is InChI=1S/C21H18ClN3/c1-12-6-7-13-11-16(21(22)25-18(13)10-12)19-20-15(8-9-23-19)14-4-2-3-5-17(14)24-20/h2-7,10-11,19,23-24H,8-9H2,1H3. The number of pyridine rings is 1. The van der Waals surface area contributed by atoms with Gasteiger partial charge in [0, 0.05) is 34.1 Å². The van der Waals surface area contributed by atoms with Crippen LogP contribution >= 0.6 is 11.6 Å². The summed E-state index contributed by atoms with van der Waals surface area (Å²) in [6, 6.07) is 17.0. The molecular weight excluding hydrogens is 330 g/mol. The Morgan fingerprint density at radius 1 is 1.12 bits per heavy atom. The number of rotatable bonds is 1. The van der Waals surface area contributed by atoms with Crippen LogP contribution in [0.1, 0.15) is 28.4 Å². The minimum Gasteiger partial charge on any atom is -0.357 e. The Morgan fingerprint density at radius 3 is 2.92 bits per heavy atom. The van der Waals surface area contributed by atoms with E-state index < -0.39 is 0 Å². The molecule has 4 heteroatoms. The molecule has 3 nitrogen and oxygen atoms in total. The molecule has 0 saturated carbocycles. The van der Waals surface area contributed by atoms with E-state index in [-0.39, 0.29) is 6.04 Å². The first-order valence-corrected chi connectivity index (χ1v) is 8.98. The van der Waals surface area contributed by atoms with Gasteiger partial charge in [0.15, 0.2) is 0 Å². The van der Waals surface area contributed by atoms with Crippen molar-refractivity contribution in [3.8, 4) is 0 Å². The van der Waals surface area contributed by atoms with Gasteiger partial charge in [0.25, 0.3) is 0 Å². The average molecular weight is 348 g/mol. The summed E-state index contributed by atoms with van der Waals surface area (Å²) in [6.07, 6.45) is 1.02. The molecular formula is C21H18ClN3. The van der Waals surface area contributed by atoms with Crippen LogP contribution in [-0.4, -0.2) is 16.5 Å². The molecule has 0 bridgehead atoms. The molecule has 0 saturated heterocycles. The number of H-pyrrole nitrogens is 1. The van der Waals surface area contributed by atoms with Crippen LogP contribution in [0.2, 0.25) is 5.15 Å². The zero-order valence-corrected chi connectivity index (χ0v) is 14.7. The molecule has 1 atom stereocenters. The Balaban J connectivity index is 1.71. The zero-order valence-electron chi connectivity index (χ0n) is 13.9. The van der Waals surface area contributed by atoms with Gasteiger partial charge in [-0.3, -0.25) is 0 Å². The van der Waals surface area contributed by atoms with Crippen molar-refractivity contribution in [1.29, 1.82) is 0 Å². The van der Waals surface area contributed by atoms with Crippen LogP contribution in [0.5, 0.6) is 0 Å². The van der Waals surface area contributed by atoms with E-state index in [1.807, 2.05) is 0 Å². The third-order valence-electron chi connectivity index (χ3n) is 5.12. The quantitative estimate of drug-likeness (QED) is 0.480. The Labute approximate surface area is 151 Å². The van der Waals surface area contributed by atoms with Crippen LogP contribution in [0.25, 0.3) is 21.8 Å². The number of aromatic nitrogens is 2. The molecule has 1 unspecified atom stereocenters. The number of para-hydroxylation sites is 1. The lowest BCUT2D eigenvalue weighted by atomic mass is 9.94. The lowest BCUT2D eigenvalue weighted by Crippen LogP contribution is -2.30. The zero-order chi connectivity index (χ0) is 17.0. The third kappa shape index (κ3) is 2.35. The predicted molar refractivity (Wildman–Crippen MR) is 103 cm³/mol. The Bertz CT molecular complexity index is 1110. The Morgan fingerprint density at radius 2 is 2.00 bits per heavy atom. The minimum absolute atomic E-state index is 0.0434. The summed E-state index contributed by atoms with van der Waals surface area (Å²) in [5.74, 6) is 0. The van der Waals surface area contributed by atoms with E-state index in [1.54, 1.807) is 0 Å². The van der Waals surface area contributed by atoms with E-state index in [0.29, 0.717) is 5.15 Å². The van der Waals surface area contributed by atoms with E-state index >= 15 is 0 Å². The van der Waals surface area contributed by atoms with Gasteiger partial charge in [0.05, 0.1) is 11.6 Å². The van der Waals surface area contributed by atoms with E-state index in [2.05, 4.69) is 70.7 Å². The maximum atomic E-state index is 6.59. The normalized spacial score (nSPS) is 17.1. The van der Waals surface area contributed by atoms with Crippen LogP contribution < -0.4 is 5.32 Å². The Kier molecular flexibility index (Phi) is 3.34. The summed E-state index contributed by atoms with van der Waals surface area (Å²) < 4.78 is 0. The largest absolute Gasteiger partial charge is 0.357 e. The molecule has 124 valence electrons. The molecule has 25 heavy (non-hydrogen) atoms. The van der Waals surface area contributed by atoms with Gasteiger partial charge in [-0.25, -0.2) is 4.98 Å². The molecule has 4 aromatic rings.